The Hall–Kier alpha value is -1.15. The van der Waals surface area contributed by atoms with Gasteiger partial charge in [-0.15, -0.1) is 11.3 Å². The first-order valence-electron chi connectivity index (χ1n) is 5.84. The number of aryl methyl sites for hydroxylation is 1. The number of carboxylic acid groups (broad SMARTS) is 1. The van der Waals surface area contributed by atoms with Crippen LogP contribution in [0.5, 0.6) is 5.75 Å². The number of carbonyl (C=O) groups is 2. The van der Waals surface area contributed by atoms with Crippen LogP contribution in [0.3, 0.4) is 0 Å². The standard InChI is InChI=1S/C12H13BrFNO4S/c1-6-7(13)8(19-2)9(20-6)10(16)15-4-3-12(14,5-15)11(17)18/h3-5H2,1-2H3,(H,17,18). The van der Waals surface area contributed by atoms with Crippen LogP contribution in [0.2, 0.25) is 0 Å². The predicted octanol–water partition coefficient (Wildman–Crippen LogP) is 2.47. The number of alkyl halides is 1. The van der Waals surface area contributed by atoms with Crippen LogP contribution in [0.25, 0.3) is 0 Å². The fourth-order valence-corrected chi connectivity index (χ4v) is 3.81. The van der Waals surface area contributed by atoms with Crippen LogP contribution in [-0.4, -0.2) is 47.8 Å². The van der Waals surface area contributed by atoms with E-state index in [1.54, 1.807) is 0 Å². The van der Waals surface area contributed by atoms with Gasteiger partial charge in [0.25, 0.3) is 5.91 Å². The zero-order valence-corrected chi connectivity index (χ0v) is 13.3. The zero-order chi connectivity index (χ0) is 15.1. The van der Waals surface area contributed by atoms with Crippen LogP contribution in [-0.2, 0) is 4.79 Å². The molecule has 1 aromatic rings. The maximum absolute atomic E-state index is 14.0. The summed E-state index contributed by atoms with van der Waals surface area (Å²) in [5.41, 5.74) is -2.35. The van der Waals surface area contributed by atoms with E-state index in [0.29, 0.717) is 15.1 Å². The summed E-state index contributed by atoms with van der Waals surface area (Å²) >= 11 is 4.57. The molecule has 2 rings (SSSR count). The highest BCUT2D eigenvalue weighted by atomic mass is 79.9. The minimum atomic E-state index is -2.35. The fourth-order valence-electron chi connectivity index (χ4n) is 2.09. The molecule has 1 fully saturated rings. The monoisotopic (exact) mass is 365 g/mol. The molecule has 0 aliphatic carbocycles. The summed E-state index contributed by atoms with van der Waals surface area (Å²) in [5, 5.41) is 8.85. The van der Waals surface area contributed by atoms with Crippen molar-refractivity contribution in [3.05, 3.63) is 14.2 Å². The van der Waals surface area contributed by atoms with Gasteiger partial charge >= 0.3 is 5.97 Å². The van der Waals surface area contributed by atoms with E-state index in [2.05, 4.69) is 15.9 Å². The highest BCUT2D eigenvalue weighted by Gasteiger charge is 2.47. The molecule has 5 nitrogen and oxygen atoms in total. The van der Waals surface area contributed by atoms with Crippen LogP contribution in [0.4, 0.5) is 4.39 Å². The number of rotatable bonds is 3. The van der Waals surface area contributed by atoms with Gasteiger partial charge in [0.2, 0.25) is 5.67 Å². The van der Waals surface area contributed by atoms with E-state index in [0.717, 1.165) is 4.88 Å². The molecule has 0 bridgehead atoms. The number of thiophene rings is 1. The van der Waals surface area contributed by atoms with Crippen molar-refractivity contribution in [1.82, 2.24) is 4.90 Å². The highest BCUT2D eigenvalue weighted by Crippen LogP contribution is 2.40. The summed E-state index contributed by atoms with van der Waals surface area (Å²) in [5.74, 6) is -1.52. The molecule has 1 N–H and O–H groups in total. The smallest absolute Gasteiger partial charge is 0.343 e. The van der Waals surface area contributed by atoms with Crippen LogP contribution in [0.1, 0.15) is 21.0 Å². The molecule has 1 saturated heterocycles. The molecule has 2 heterocycles. The van der Waals surface area contributed by atoms with Gasteiger partial charge in [-0.1, -0.05) is 0 Å². The van der Waals surface area contributed by atoms with Crippen molar-refractivity contribution >= 4 is 39.1 Å². The number of amides is 1. The number of aliphatic carboxylic acids is 1. The molecule has 110 valence electrons. The van der Waals surface area contributed by atoms with Crippen LogP contribution in [0.15, 0.2) is 4.47 Å². The summed E-state index contributed by atoms with van der Waals surface area (Å²) in [6.45, 7) is 1.48. The Morgan fingerprint density at radius 3 is 2.70 bits per heavy atom. The van der Waals surface area contributed by atoms with Gasteiger partial charge in [0.1, 0.15) is 4.88 Å². The summed E-state index contributed by atoms with van der Waals surface area (Å²) in [6.07, 6.45) is -0.193. The molecule has 20 heavy (non-hydrogen) atoms. The van der Waals surface area contributed by atoms with E-state index in [4.69, 9.17) is 9.84 Å². The maximum Gasteiger partial charge on any atom is 0.343 e. The molecule has 1 aromatic heterocycles. The second-order valence-corrected chi connectivity index (χ2v) is 6.60. The molecule has 8 heteroatoms. The Bertz CT molecular complexity index is 576. The van der Waals surface area contributed by atoms with Gasteiger partial charge in [-0.05, 0) is 22.9 Å². The third-order valence-corrected chi connectivity index (χ3v) is 5.55. The van der Waals surface area contributed by atoms with Gasteiger partial charge < -0.3 is 14.7 Å². The van der Waals surface area contributed by atoms with Gasteiger partial charge in [-0.25, -0.2) is 9.18 Å². The number of likely N-dealkylation sites (tertiary alicyclic amines) is 1. The van der Waals surface area contributed by atoms with E-state index in [1.165, 1.54) is 23.3 Å². The molecule has 1 unspecified atom stereocenters. The van der Waals surface area contributed by atoms with E-state index in [-0.39, 0.29) is 13.0 Å². The number of ether oxygens (including phenoxy) is 1. The number of carbonyl (C=O) groups excluding carboxylic acids is 1. The van der Waals surface area contributed by atoms with Crippen molar-refractivity contribution in [2.24, 2.45) is 0 Å². The lowest BCUT2D eigenvalue weighted by Crippen LogP contribution is -2.38. The molecule has 1 amide bonds. The predicted molar refractivity (Wildman–Crippen MR) is 75.3 cm³/mol. The van der Waals surface area contributed by atoms with Gasteiger partial charge in [0, 0.05) is 17.8 Å². The van der Waals surface area contributed by atoms with Gasteiger partial charge in [-0.2, -0.15) is 0 Å². The van der Waals surface area contributed by atoms with Crippen molar-refractivity contribution < 1.29 is 23.8 Å². The lowest BCUT2D eigenvalue weighted by Gasteiger charge is -2.17. The summed E-state index contributed by atoms with van der Waals surface area (Å²) in [4.78, 5) is 25.7. The van der Waals surface area contributed by atoms with E-state index in [1.807, 2.05) is 6.92 Å². The number of hydrogen-bond donors (Lipinski definition) is 1. The molecule has 0 spiro atoms. The number of nitrogens with zero attached hydrogens (tertiary/aromatic N) is 1. The number of methoxy groups -OCH3 is 1. The highest BCUT2D eigenvalue weighted by molar-refractivity contribution is 9.10. The Morgan fingerprint density at radius 1 is 1.55 bits per heavy atom. The fraction of sp³-hybridized carbons (Fsp3) is 0.500. The Labute approximate surface area is 127 Å². The molecule has 1 aliphatic rings. The normalized spacial score (nSPS) is 22.1. The Balaban J connectivity index is 2.26. The summed E-state index contributed by atoms with van der Waals surface area (Å²) in [6, 6.07) is 0. The molecular formula is C12H13BrFNO4S. The van der Waals surface area contributed by atoms with Gasteiger partial charge in [0.05, 0.1) is 18.1 Å². The molecular weight excluding hydrogens is 353 g/mol. The lowest BCUT2D eigenvalue weighted by atomic mass is 10.1. The SMILES string of the molecule is COc1c(C(=O)N2CCC(F)(C(=O)O)C2)sc(C)c1Br. The average molecular weight is 366 g/mol. The molecule has 0 aromatic carbocycles. The van der Waals surface area contributed by atoms with Gasteiger partial charge in [0.15, 0.2) is 5.75 Å². The van der Waals surface area contributed by atoms with E-state index in [9.17, 15) is 14.0 Å². The largest absolute Gasteiger partial charge is 0.494 e. The third kappa shape index (κ3) is 2.42. The topological polar surface area (TPSA) is 66.8 Å². The first-order chi connectivity index (χ1) is 9.30. The minimum Gasteiger partial charge on any atom is -0.494 e. The van der Waals surface area contributed by atoms with Crippen molar-refractivity contribution in [2.75, 3.05) is 20.2 Å². The van der Waals surface area contributed by atoms with Crippen LogP contribution < -0.4 is 4.74 Å². The molecule has 1 aliphatic heterocycles. The molecule has 0 radical (unpaired) electrons. The van der Waals surface area contributed by atoms with E-state index < -0.39 is 24.1 Å². The quantitative estimate of drug-likeness (QED) is 0.893. The molecule has 1 atom stereocenters. The minimum absolute atomic E-state index is 0.0827. The number of carboxylic acids is 1. The number of hydrogen-bond acceptors (Lipinski definition) is 4. The first-order valence-corrected chi connectivity index (χ1v) is 7.45. The van der Waals surface area contributed by atoms with Crippen molar-refractivity contribution in [3.63, 3.8) is 0 Å². The molecule has 0 saturated carbocycles. The third-order valence-electron chi connectivity index (χ3n) is 3.26. The van der Waals surface area contributed by atoms with Crippen molar-refractivity contribution in [2.45, 2.75) is 19.0 Å². The number of halogens is 2. The first kappa shape index (κ1) is 15.2. The van der Waals surface area contributed by atoms with Crippen molar-refractivity contribution in [3.8, 4) is 5.75 Å². The second kappa shape index (κ2) is 5.33. The lowest BCUT2D eigenvalue weighted by molar-refractivity contribution is -0.149. The maximum atomic E-state index is 14.0. The summed E-state index contributed by atoms with van der Waals surface area (Å²) in [7, 11) is 1.45. The average Bonchev–Trinajstić information content (AvgIpc) is 2.92. The second-order valence-electron chi connectivity index (χ2n) is 4.58. The van der Waals surface area contributed by atoms with Crippen LogP contribution >= 0.6 is 27.3 Å². The van der Waals surface area contributed by atoms with Crippen LogP contribution in [0, 0.1) is 6.92 Å². The Kier molecular flexibility index (Phi) is 4.06. The Morgan fingerprint density at radius 2 is 2.20 bits per heavy atom. The van der Waals surface area contributed by atoms with E-state index >= 15 is 0 Å². The van der Waals surface area contributed by atoms with Gasteiger partial charge in [-0.3, -0.25) is 4.79 Å². The van der Waals surface area contributed by atoms with Crippen molar-refractivity contribution in [1.29, 1.82) is 0 Å². The zero-order valence-electron chi connectivity index (χ0n) is 10.9. The summed E-state index contributed by atoms with van der Waals surface area (Å²) < 4.78 is 19.9.